The van der Waals surface area contributed by atoms with Crippen LogP contribution < -0.4 is 4.57 Å². The lowest BCUT2D eigenvalue weighted by atomic mass is 10.0. The lowest BCUT2D eigenvalue weighted by Crippen LogP contribution is -2.37. The van der Waals surface area contributed by atoms with Crippen molar-refractivity contribution in [2.75, 3.05) is 0 Å². The number of nitrogens with zero attached hydrogens (tertiary/aromatic N) is 4. The number of hydrogen-bond donors (Lipinski definition) is 0. The first-order valence-corrected chi connectivity index (χ1v) is 8.75. The quantitative estimate of drug-likeness (QED) is 0.540. The maximum Gasteiger partial charge on any atom is 0.278 e. The highest BCUT2D eigenvalue weighted by Crippen LogP contribution is 2.23. The van der Waals surface area contributed by atoms with Gasteiger partial charge in [-0.25, -0.2) is 9.55 Å². The van der Waals surface area contributed by atoms with E-state index in [1.165, 1.54) is 16.3 Å². The maximum absolute atomic E-state index is 4.72. The van der Waals surface area contributed by atoms with Crippen molar-refractivity contribution < 1.29 is 4.57 Å². The summed E-state index contributed by atoms with van der Waals surface area (Å²) in [6.07, 6.45) is 7.11. The molecule has 0 N–H and O–H groups in total. The van der Waals surface area contributed by atoms with Crippen molar-refractivity contribution in [2.45, 2.75) is 25.3 Å². The first kappa shape index (κ1) is 14.3. The van der Waals surface area contributed by atoms with Crippen molar-refractivity contribution in [1.29, 1.82) is 0 Å². The molecule has 4 heteroatoms. The summed E-state index contributed by atoms with van der Waals surface area (Å²) < 4.78 is 4.21. The van der Waals surface area contributed by atoms with Crippen LogP contribution in [0.2, 0.25) is 0 Å². The molecule has 0 unspecified atom stereocenters. The third kappa shape index (κ3) is 2.60. The standard InChI is InChI=1S/C21H19N4/c1-2-6-18-13-16(8-9-17(18)5-1)14-19-10-11-21-23-25(15-24(19)21)20-7-3-4-12-22-20/h1-9,12-13,15,19H,10-11,14H2/q+1/t19-/m0/s1. The molecule has 0 radical (unpaired) electrons. The van der Waals surface area contributed by atoms with Gasteiger partial charge >= 0.3 is 0 Å². The minimum absolute atomic E-state index is 0.466. The Morgan fingerprint density at radius 1 is 1.00 bits per heavy atom. The summed E-state index contributed by atoms with van der Waals surface area (Å²) in [6.45, 7) is 0. The molecule has 0 amide bonds. The molecular formula is C21H19N4+. The number of aryl methyl sites for hydroxylation is 1. The smallest absolute Gasteiger partial charge is 0.231 e. The van der Waals surface area contributed by atoms with Crippen LogP contribution in [0.25, 0.3) is 16.6 Å². The molecule has 122 valence electrons. The first-order chi connectivity index (χ1) is 12.4. The zero-order valence-electron chi connectivity index (χ0n) is 13.9. The van der Waals surface area contributed by atoms with Gasteiger partial charge in [0.05, 0.1) is 6.04 Å². The summed E-state index contributed by atoms with van der Waals surface area (Å²) in [5, 5.41) is 7.33. The first-order valence-electron chi connectivity index (χ1n) is 8.75. The average molecular weight is 327 g/mol. The minimum Gasteiger partial charge on any atom is -0.231 e. The maximum atomic E-state index is 4.72. The topological polar surface area (TPSA) is 34.6 Å². The van der Waals surface area contributed by atoms with Crippen LogP contribution in [0.5, 0.6) is 0 Å². The number of hydrogen-bond acceptors (Lipinski definition) is 2. The van der Waals surface area contributed by atoms with Crippen LogP contribution in [0, 0.1) is 0 Å². The molecule has 3 heterocycles. The van der Waals surface area contributed by atoms with Gasteiger partial charge in [-0.05, 0) is 28.8 Å². The molecule has 4 nitrogen and oxygen atoms in total. The second-order valence-electron chi connectivity index (χ2n) is 6.65. The van der Waals surface area contributed by atoms with Gasteiger partial charge in [0, 0.05) is 30.2 Å². The van der Waals surface area contributed by atoms with Gasteiger partial charge in [0.25, 0.3) is 5.82 Å². The fraction of sp³-hybridized carbons (Fsp3) is 0.190. The summed E-state index contributed by atoms with van der Waals surface area (Å²) in [4.78, 5) is 4.39. The number of fused-ring (bicyclic) bond motifs is 2. The Morgan fingerprint density at radius 3 is 2.76 bits per heavy atom. The molecular weight excluding hydrogens is 308 g/mol. The van der Waals surface area contributed by atoms with Crippen LogP contribution in [-0.2, 0) is 12.8 Å². The lowest BCUT2D eigenvalue weighted by Gasteiger charge is -2.09. The van der Waals surface area contributed by atoms with Gasteiger partial charge < -0.3 is 0 Å². The molecule has 25 heavy (non-hydrogen) atoms. The van der Waals surface area contributed by atoms with E-state index in [4.69, 9.17) is 5.10 Å². The molecule has 0 bridgehead atoms. The monoisotopic (exact) mass is 327 g/mol. The van der Waals surface area contributed by atoms with Crippen molar-refractivity contribution in [3.8, 4) is 5.82 Å². The van der Waals surface area contributed by atoms with E-state index >= 15 is 0 Å². The molecule has 4 aromatic rings. The van der Waals surface area contributed by atoms with Crippen molar-refractivity contribution in [3.05, 3.63) is 84.6 Å². The van der Waals surface area contributed by atoms with Crippen LogP contribution >= 0.6 is 0 Å². The van der Waals surface area contributed by atoms with Crippen molar-refractivity contribution in [3.63, 3.8) is 0 Å². The van der Waals surface area contributed by atoms with E-state index < -0.39 is 0 Å². The third-order valence-electron chi connectivity index (χ3n) is 5.02. The van der Waals surface area contributed by atoms with Gasteiger partial charge in [-0.15, -0.1) is 0 Å². The zero-order valence-corrected chi connectivity index (χ0v) is 13.9. The fourth-order valence-electron chi connectivity index (χ4n) is 3.74. The number of aromatic nitrogens is 4. The van der Waals surface area contributed by atoms with Gasteiger partial charge in [0.15, 0.2) is 0 Å². The van der Waals surface area contributed by atoms with Gasteiger partial charge in [-0.2, -0.15) is 0 Å². The van der Waals surface area contributed by atoms with Crippen LogP contribution in [-0.4, -0.2) is 14.8 Å². The second-order valence-corrected chi connectivity index (χ2v) is 6.65. The number of benzene rings is 2. The molecule has 1 aliphatic rings. The summed E-state index contributed by atoms with van der Waals surface area (Å²) in [6, 6.07) is 21.7. The van der Waals surface area contributed by atoms with Gasteiger partial charge in [0.2, 0.25) is 12.1 Å². The van der Waals surface area contributed by atoms with E-state index in [1.54, 1.807) is 6.20 Å². The highest BCUT2D eigenvalue weighted by atomic mass is 15.4. The van der Waals surface area contributed by atoms with E-state index in [9.17, 15) is 0 Å². The molecule has 2 aromatic heterocycles. The Hall–Kier alpha value is -3.01. The van der Waals surface area contributed by atoms with Crippen LogP contribution in [0.4, 0.5) is 0 Å². The van der Waals surface area contributed by atoms with E-state index in [0.29, 0.717) is 6.04 Å². The van der Waals surface area contributed by atoms with Crippen LogP contribution in [0.3, 0.4) is 0 Å². The average Bonchev–Trinajstić information content (AvgIpc) is 3.24. The predicted molar refractivity (Wildman–Crippen MR) is 96.6 cm³/mol. The second kappa shape index (κ2) is 5.81. The molecule has 0 spiro atoms. The van der Waals surface area contributed by atoms with Gasteiger partial charge in [-0.1, -0.05) is 53.2 Å². The summed E-state index contributed by atoms with van der Waals surface area (Å²) in [5.74, 6) is 2.02. The van der Waals surface area contributed by atoms with Gasteiger partial charge in [-0.3, -0.25) is 0 Å². The molecule has 0 aliphatic carbocycles. The summed E-state index contributed by atoms with van der Waals surface area (Å²) in [5.41, 5.74) is 1.38. The Bertz CT molecular complexity index is 1040. The van der Waals surface area contributed by atoms with Gasteiger partial charge in [0.1, 0.15) is 0 Å². The highest BCUT2D eigenvalue weighted by Gasteiger charge is 2.32. The summed E-state index contributed by atoms with van der Waals surface area (Å²) >= 11 is 0. The van der Waals surface area contributed by atoms with E-state index in [1.807, 2.05) is 22.9 Å². The molecule has 1 aliphatic heterocycles. The number of rotatable bonds is 3. The van der Waals surface area contributed by atoms with E-state index in [2.05, 4.69) is 58.3 Å². The fourth-order valence-corrected chi connectivity index (χ4v) is 3.74. The van der Waals surface area contributed by atoms with Crippen LogP contribution in [0.15, 0.2) is 73.2 Å². The van der Waals surface area contributed by atoms with Crippen molar-refractivity contribution >= 4 is 10.8 Å². The zero-order chi connectivity index (χ0) is 16.6. The molecule has 1 atom stereocenters. The Kier molecular flexibility index (Phi) is 3.33. The van der Waals surface area contributed by atoms with Crippen LogP contribution in [0.1, 0.15) is 23.9 Å². The Balaban J connectivity index is 1.44. The van der Waals surface area contributed by atoms with E-state index in [0.717, 1.165) is 30.9 Å². The summed E-state index contributed by atoms with van der Waals surface area (Å²) in [7, 11) is 0. The third-order valence-corrected chi connectivity index (χ3v) is 5.02. The molecule has 0 saturated heterocycles. The number of pyridine rings is 1. The van der Waals surface area contributed by atoms with Crippen molar-refractivity contribution in [1.82, 2.24) is 14.8 Å². The lowest BCUT2D eigenvalue weighted by molar-refractivity contribution is -0.716. The predicted octanol–water partition coefficient (Wildman–Crippen LogP) is 3.44. The largest absolute Gasteiger partial charge is 0.278 e. The van der Waals surface area contributed by atoms with Crippen molar-refractivity contribution in [2.24, 2.45) is 0 Å². The Labute approximate surface area is 146 Å². The Morgan fingerprint density at radius 2 is 1.88 bits per heavy atom. The van der Waals surface area contributed by atoms with E-state index in [-0.39, 0.29) is 0 Å². The highest BCUT2D eigenvalue weighted by molar-refractivity contribution is 5.82. The minimum atomic E-state index is 0.466. The SMILES string of the molecule is c1ccc(-n2c[n+]3c(n2)CC[C@H]3Cc2ccc3ccccc3c2)nc1. The molecule has 0 saturated carbocycles. The molecule has 2 aromatic carbocycles. The molecule has 5 rings (SSSR count). The normalized spacial score (nSPS) is 16.2. The molecule has 0 fully saturated rings.